The zero-order valence-electron chi connectivity index (χ0n) is 11.2. The van der Waals surface area contributed by atoms with E-state index in [-0.39, 0.29) is 25.0 Å². The molecule has 6 heteroatoms. The number of hydrogen-bond donors (Lipinski definition) is 1. The lowest BCUT2D eigenvalue weighted by atomic mass is 10.2. The topological polar surface area (TPSA) is 75.7 Å². The average molecular weight is 276 g/mol. The number of benzene rings is 1. The van der Waals surface area contributed by atoms with Gasteiger partial charge in [-0.1, -0.05) is 18.2 Å². The number of para-hydroxylation sites is 1. The second-order valence-corrected chi connectivity index (χ2v) is 4.43. The molecule has 0 spiro atoms. The van der Waals surface area contributed by atoms with Gasteiger partial charge in [-0.25, -0.2) is 4.79 Å². The molecular formula is C14H16N2O4. The first kappa shape index (κ1) is 14.0. The molecule has 106 valence electrons. The van der Waals surface area contributed by atoms with E-state index in [2.05, 4.69) is 10.1 Å². The van der Waals surface area contributed by atoms with E-state index in [1.165, 1.54) is 0 Å². The summed E-state index contributed by atoms with van der Waals surface area (Å²) in [6, 6.07) is 8.82. The molecule has 1 heterocycles. The Bertz CT molecular complexity index is 515. The molecule has 1 N–H and O–H groups in total. The third-order valence-corrected chi connectivity index (χ3v) is 2.99. The van der Waals surface area contributed by atoms with Crippen LogP contribution in [0.3, 0.4) is 0 Å². The van der Waals surface area contributed by atoms with Gasteiger partial charge >= 0.3 is 11.9 Å². The summed E-state index contributed by atoms with van der Waals surface area (Å²) in [7, 11) is 0. The fourth-order valence-electron chi connectivity index (χ4n) is 2.10. The highest BCUT2D eigenvalue weighted by Crippen LogP contribution is 2.20. The minimum absolute atomic E-state index is 0.0784. The Morgan fingerprint density at radius 1 is 1.35 bits per heavy atom. The van der Waals surface area contributed by atoms with Crippen molar-refractivity contribution >= 4 is 23.5 Å². The minimum Gasteiger partial charge on any atom is -0.459 e. The maximum Gasteiger partial charge on any atom is 0.396 e. The summed E-state index contributed by atoms with van der Waals surface area (Å²) in [5, 5.41) is 2.52. The zero-order valence-corrected chi connectivity index (χ0v) is 11.2. The molecule has 0 aliphatic carbocycles. The van der Waals surface area contributed by atoms with Crippen LogP contribution in [-0.2, 0) is 19.1 Å². The summed E-state index contributed by atoms with van der Waals surface area (Å²) in [6.45, 7) is 2.13. The molecule has 1 unspecified atom stereocenters. The molecule has 6 nitrogen and oxygen atoms in total. The van der Waals surface area contributed by atoms with Crippen molar-refractivity contribution in [3.05, 3.63) is 30.3 Å². The molecule has 0 saturated carbocycles. The van der Waals surface area contributed by atoms with Gasteiger partial charge in [0.15, 0.2) is 0 Å². The van der Waals surface area contributed by atoms with Crippen molar-refractivity contribution in [2.45, 2.75) is 19.4 Å². The standard InChI is InChI=1S/C14H16N2O4/c1-2-20-14(19)13(18)15-10-8-12(17)16(9-10)11-6-4-3-5-7-11/h3-7,10H,2,8-9H2,1H3,(H,15,18). The predicted molar refractivity (Wildman–Crippen MR) is 72.0 cm³/mol. The Balaban J connectivity index is 1.96. The van der Waals surface area contributed by atoms with Crippen LogP contribution in [0.15, 0.2) is 30.3 Å². The van der Waals surface area contributed by atoms with Crippen LogP contribution < -0.4 is 10.2 Å². The predicted octanol–water partition coefficient (Wildman–Crippen LogP) is 0.471. The van der Waals surface area contributed by atoms with Gasteiger partial charge in [0.1, 0.15) is 0 Å². The van der Waals surface area contributed by atoms with E-state index in [0.717, 1.165) is 5.69 Å². The Morgan fingerprint density at radius 2 is 2.05 bits per heavy atom. The summed E-state index contributed by atoms with van der Waals surface area (Å²) < 4.78 is 4.60. The molecule has 0 aromatic heterocycles. The molecule has 1 fully saturated rings. The minimum atomic E-state index is -0.918. The molecule has 1 aromatic carbocycles. The number of hydrogen-bond acceptors (Lipinski definition) is 4. The molecule has 0 bridgehead atoms. The maximum atomic E-state index is 11.9. The molecule has 1 aliphatic rings. The first-order chi connectivity index (χ1) is 9.61. The van der Waals surface area contributed by atoms with Gasteiger partial charge in [-0.3, -0.25) is 9.59 Å². The number of ether oxygens (including phenoxy) is 1. The van der Waals surface area contributed by atoms with Crippen molar-refractivity contribution in [3.8, 4) is 0 Å². The number of nitrogens with one attached hydrogen (secondary N) is 1. The SMILES string of the molecule is CCOC(=O)C(=O)NC1CC(=O)N(c2ccccc2)C1. The lowest BCUT2D eigenvalue weighted by molar-refractivity contribution is -0.154. The van der Waals surface area contributed by atoms with Gasteiger partial charge in [-0.05, 0) is 19.1 Å². The largest absolute Gasteiger partial charge is 0.459 e. The summed E-state index contributed by atoms with van der Waals surface area (Å²) in [5.74, 6) is -1.80. The van der Waals surface area contributed by atoms with Gasteiger partial charge in [-0.15, -0.1) is 0 Å². The third-order valence-electron chi connectivity index (χ3n) is 2.99. The van der Waals surface area contributed by atoms with Gasteiger partial charge < -0.3 is 15.0 Å². The lowest BCUT2D eigenvalue weighted by Gasteiger charge is -2.16. The van der Waals surface area contributed by atoms with E-state index in [0.29, 0.717) is 6.54 Å². The second kappa shape index (κ2) is 6.18. The first-order valence-corrected chi connectivity index (χ1v) is 6.45. The molecular weight excluding hydrogens is 260 g/mol. The van der Waals surface area contributed by atoms with Crippen molar-refractivity contribution in [2.24, 2.45) is 0 Å². The fraction of sp³-hybridized carbons (Fsp3) is 0.357. The van der Waals surface area contributed by atoms with Gasteiger partial charge in [0.05, 0.1) is 12.6 Å². The quantitative estimate of drug-likeness (QED) is 0.643. The van der Waals surface area contributed by atoms with Crippen molar-refractivity contribution in [1.82, 2.24) is 5.32 Å². The highest BCUT2D eigenvalue weighted by molar-refractivity contribution is 6.32. The van der Waals surface area contributed by atoms with E-state index in [1.54, 1.807) is 11.8 Å². The summed E-state index contributed by atoms with van der Waals surface area (Å²) in [6.07, 6.45) is 0.181. The van der Waals surface area contributed by atoms with Crippen molar-refractivity contribution in [3.63, 3.8) is 0 Å². The number of esters is 1. The van der Waals surface area contributed by atoms with Gasteiger partial charge in [0, 0.05) is 18.7 Å². The van der Waals surface area contributed by atoms with Crippen LogP contribution in [0.25, 0.3) is 0 Å². The van der Waals surface area contributed by atoms with Crippen LogP contribution in [0.5, 0.6) is 0 Å². The van der Waals surface area contributed by atoms with Crippen LogP contribution in [-0.4, -0.2) is 37.0 Å². The van der Waals surface area contributed by atoms with Gasteiger partial charge in [0.2, 0.25) is 5.91 Å². The third kappa shape index (κ3) is 3.14. The second-order valence-electron chi connectivity index (χ2n) is 4.43. The smallest absolute Gasteiger partial charge is 0.396 e. The molecule has 20 heavy (non-hydrogen) atoms. The monoisotopic (exact) mass is 276 g/mol. The average Bonchev–Trinajstić information content (AvgIpc) is 2.80. The lowest BCUT2D eigenvalue weighted by Crippen LogP contribution is -2.41. The van der Waals surface area contributed by atoms with E-state index >= 15 is 0 Å². The van der Waals surface area contributed by atoms with Crippen LogP contribution in [0.1, 0.15) is 13.3 Å². The molecule has 1 saturated heterocycles. The first-order valence-electron chi connectivity index (χ1n) is 6.45. The zero-order chi connectivity index (χ0) is 14.5. The normalized spacial score (nSPS) is 17.9. The molecule has 1 atom stereocenters. The van der Waals surface area contributed by atoms with Crippen molar-refractivity contribution in [1.29, 1.82) is 0 Å². The number of carbonyl (C=O) groups is 3. The number of amides is 2. The van der Waals surface area contributed by atoms with Crippen LogP contribution in [0.4, 0.5) is 5.69 Å². The van der Waals surface area contributed by atoms with Crippen molar-refractivity contribution in [2.75, 3.05) is 18.1 Å². The van der Waals surface area contributed by atoms with E-state index in [9.17, 15) is 14.4 Å². The highest BCUT2D eigenvalue weighted by Gasteiger charge is 2.32. The summed E-state index contributed by atoms with van der Waals surface area (Å²) >= 11 is 0. The molecule has 1 aliphatic heterocycles. The Hall–Kier alpha value is -2.37. The summed E-state index contributed by atoms with van der Waals surface area (Å²) in [5.41, 5.74) is 0.783. The number of anilines is 1. The van der Waals surface area contributed by atoms with Crippen molar-refractivity contribution < 1.29 is 19.1 Å². The Kier molecular flexibility index (Phi) is 4.34. The van der Waals surface area contributed by atoms with E-state index < -0.39 is 11.9 Å². The van der Waals surface area contributed by atoms with Crippen LogP contribution >= 0.6 is 0 Å². The molecule has 0 radical (unpaired) electrons. The van der Waals surface area contributed by atoms with Crippen LogP contribution in [0.2, 0.25) is 0 Å². The summed E-state index contributed by atoms with van der Waals surface area (Å²) in [4.78, 5) is 36.3. The van der Waals surface area contributed by atoms with Gasteiger partial charge in [-0.2, -0.15) is 0 Å². The molecule has 2 amide bonds. The molecule has 2 rings (SSSR count). The molecule has 1 aromatic rings. The highest BCUT2D eigenvalue weighted by atomic mass is 16.5. The number of rotatable bonds is 3. The fourth-order valence-corrected chi connectivity index (χ4v) is 2.10. The van der Waals surface area contributed by atoms with Gasteiger partial charge in [0.25, 0.3) is 0 Å². The number of nitrogens with zero attached hydrogens (tertiary/aromatic N) is 1. The van der Waals surface area contributed by atoms with E-state index in [1.807, 2.05) is 30.3 Å². The van der Waals surface area contributed by atoms with E-state index in [4.69, 9.17) is 0 Å². The van der Waals surface area contributed by atoms with Crippen LogP contribution in [0, 0.1) is 0 Å². The maximum absolute atomic E-state index is 11.9. The Morgan fingerprint density at radius 3 is 2.70 bits per heavy atom. The number of carbonyl (C=O) groups excluding carboxylic acids is 3. The Labute approximate surface area is 116 Å².